The number of rotatable bonds is 9. The van der Waals surface area contributed by atoms with Gasteiger partial charge in [-0.2, -0.15) is 0 Å². The van der Waals surface area contributed by atoms with Gasteiger partial charge in [-0.1, -0.05) is 20.3 Å². The van der Waals surface area contributed by atoms with Crippen LogP contribution in [0.15, 0.2) is 17.4 Å². The summed E-state index contributed by atoms with van der Waals surface area (Å²) in [5.74, 6) is 2.50. The maximum atomic E-state index is 5.26. The lowest BCUT2D eigenvalue weighted by Crippen LogP contribution is -2.46. The highest BCUT2D eigenvalue weighted by Gasteiger charge is 2.36. The average Bonchev–Trinajstić information content (AvgIpc) is 2.95. The molecule has 1 aliphatic rings. The number of imidazole rings is 1. The molecule has 136 valence electrons. The molecule has 0 bridgehead atoms. The number of nitrogens with zero attached hydrogens (tertiary/aromatic N) is 3. The zero-order chi connectivity index (χ0) is 17.4. The van der Waals surface area contributed by atoms with E-state index in [0.29, 0.717) is 17.9 Å². The van der Waals surface area contributed by atoms with Gasteiger partial charge in [0.1, 0.15) is 5.82 Å². The Morgan fingerprint density at radius 1 is 1.42 bits per heavy atom. The molecule has 2 N–H and O–H groups in total. The van der Waals surface area contributed by atoms with Crippen LogP contribution in [-0.2, 0) is 17.8 Å². The Bertz CT molecular complexity index is 519. The van der Waals surface area contributed by atoms with Crippen molar-refractivity contribution in [1.29, 1.82) is 0 Å². The molecule has 0 saturated heterocycles. The molecule has 1 aromatic heterocycles. The van der Waals surface area contributed by atoms with E-state index >= 15 is 0 Å². The molecule has 0 spiro atoms. The summed E-state index contributed by atoms with van der Waals surface area (Å²) in [5.41, 5.74) is 0.379. The van der Waals surface area contributed by atoms with Gasteiger partial charge in [0.05, 0.1) is 6.54 Å². The largest absolute Gasteiger partial charge is 0.385 e. The van der Waals surface area contributed by atoms with Crippen molar-refractivity contribution in [3.05, 3.63) is 18.2 Å². The number of methoxy groups -OCH3 is 1. The summed E-state index contributed by atoms with van der Waals surface area (Å²) < 4.78 is 7.47. The number of aliphatic imine (C=N–C) groups is 1. The third kappa shape index (κ3) is 5.23. The van der Waals surface area contributed by atoms with Crippen LogP contribution in [0.1, 0.15) is 45.4 Å². The van der Waals surface area contributed by atoms with E-state index in [-0.39, 0.29) is 0 Å². The van der Waals surface area contributed by atoms with Crippen LogP contribution in [0.4, 0.5) is 0 Å². The molecule has 0 atom stereocenters. The smallest absolute Gasteiger partial charge is 0.191 e. The molecule has 24 heavy (non-hydrogen) atoms. The van der Waals surface area contributed by atoms with Crippen LogP contribution < -0.4 is 10.6 Å². The van der Waals surface area contributed by atoms with Crippen molar-refractivity contribution in [3.63, 3.8) is 0 Å². The summed E-state index contributed by atoms with van der Waals surface area (Å²) in [6.07, 6.45) is 8.90. The van der Waals surface area contributed by atoms with Crippen LogP contribution in [0.2, 0.25) is 0 Å². The van der Waals surface area contributed by atoms with Crippen molar-refractivity contribution in [2.75, 3.05) is 27.3 Å². The van der Waals surface area contributed by atoms with Crippen molar-refractivity contribution in [2.24, 2.45) is 16.3 Å². The van der Waals surface area contributed by atoms with Gasteiger partial charge in [0.2, 0.25) is 0 Å². The molecule has 1 fully saturated rings. The summed E-state index contributed by atoms with van der Waals surface area (Å²) in [6.45, 7) is 7.90. The second kappa shape index (κ2) is 9.06. The van der Waals surface area contributed by atoms with Gasteiger partial charge in [0, 0.05) is 46.2 Å². The molecule has 2 rings (SSSR count). The lowest BCUT2D eigenvalue weighted by molar-refractivity contribution is 0.0732. The predicted octanol–water partition coefficient (Wildman–Crippen LogP) is 2.41. The molecule has 0 unspecified atom stereocenters. The topological polar surface area (TPSA) is 63.5 Å². The first-order chi connectivity index (χ1) is 11.6. The van der Waals surface area contributed by atoms with Gasteiger partial charge in [-0.05, 0) is 30.6 Å². The first-order valence-corrected chi connectivity index (χ1v) is 9.02. The highest BCUT2D eigenvalue weighted by Crippen LogP contribution is 2.43. The standard InChI is InChI=1S/C18H33N5O/c1-15(2)13-23-10-9-20-16(23)12-21-17(19-3)22-14-18(6-5-7-18)8-11-24-4/h9-10,15H,5-8,11-14H2,1-4H3,(H2,19,21,22). The van der Waals surface area contributed by atoms with E-state index in [9.17, 15) is 0 Å². The maximum absolute atomic E-state index is 5.26. The Kier molecular flexibility index (Phi) is 7.09. The molecule has 0 amide bonds. The second-order valence-electron chi connectivity index (χ2n) is 7.27. The number of hydrogen-bond acceptors (Lipinski definition) is 3. The van der Waals surface area contributed by atoms with Gasteiger partial charge in [0.25, 0.3) is 0 Å². The van der Waals surface area contributed by atoms with Crippen molar-refractivity contribution in [1.82, 2.24) is 20.2 Å². The zero-order valence-corrected chi connectivity index (χ0v) is 15.6. The first-order valence-electron chi connectivity index (χ1n) is 9.02. The third-order valence-electron chi connectivity index (χ3n) is 4.88. The number of aromatic nitrogens is 2. The van der Waals surface area contributed by atoms with E-state index in [1.807, 2.05) is 19.4 Å². The van der Waals surface area contributed by atoms with Crippen molar-refractivity contribution in [3.8, 4) is 0 Å². The molecule has 1 aromatic rings. The lowest BCUT2D eigenvalue weighted by atomic mass is 9.67. The highest BCUT2D eigenvalue weighted by atomic mass is 16.5. The van der Waals surface area contributed by atoms with E-state index < -0.39 is 0 Å². The van der Waals surface area contributed by atoms with Crippen LogP contribution in [0.3, 0.4) is 0 Å². The molecule has 0 aromatic carbocycles. The molecule has 6 heteroatoms. The van der Waals surface area contributed by atoms with Gasteiger partial charge in [0.15, 0.2) is 5.96 Å². The molecule has 0 aliphatic heterocycles. The van der Waals surface area contributed by atoms with Crippen LogP contribution in [0.5, 0.6) is 0 Å². The monoisotopic (exact) mass is 335 g/mol. The van der Waals surface area contributed by atoms with Crippen molar-refractivity contribution in [2.45, 2.75) is 52.6 Å². The zero-order valence-electron chi connectivity index (χ0n) is 15.6. The fraction of sp³-hybridized carbons (Fsp3) is 0.778. The molecule has 0 radical (unpaired) electrons. The minimum absolute atomic E-state index is 0.379. The van der Waals surface area contributed by atoms with Gasteiger partial charge in [-0.3, -0.25) is 4.99 Å². The number of ether oxygens (including phenoxy) is 1. The third-order valence-corrected chi connectivity index (χ3v) is 4.88. The fourth-order valence-corrected chi connectivity index (χ4v) is 3.23. The van der Waals surface area contributed by atoms with Crippen LogP contribution in [0, 0.1) is 11.3 Å². The lowest BCUT2D eigenvalue weighted by Gasteiger charge is -2.42. The van der Waals surface area contributed by atoms with Crippen LogP contribution in [-0.4, -0.2) is 42.8 Å². The minimum atomic E-state index is 0.379. The Labute approximate surface area is 146 Å². The van der Waals surface area contributed by atoms with Crippen molar-refractivity contribution >= 4 is 5.96 Å². The normalized spacial score (nSPS) is 17.0. The molecule has 1 aliphatic carbocycles. The Balaban J connectivity index is 1.81. The first kappa shape index (κ1) is 18.8. The number of guanidine groups is 1. The highest BCUT2D eigenvalue weighted by molar-refractivity contribution is 5.79. The van der Waals surface area contributed by atoms with Crippen LogP contribution >= 0.6 is 0 Å². The van der Waals surface area contributed by atoms with E-state index in [4.69, 9.17) is 4.74 Å². The predicted molar refractivity (Wildman–Crippen MR) is 98.0 cm³/mol. The summed E-state index contributed by atoms with van der Waals surface area (Å²) in [4.78, 5) is 8.80. The minimum Gasteiger partial charge on any atom is -0.385 e. The van der Waals surface area contributed by atoms with Crippen molar-refractivity contribution < 1.29 is 4.74 Å². The van der Waals surface area contributed by atoms with Gasteiger partial charge in [-0.25, -0.2) is 4.98 Å². The van der Waals surface area contributed by atoms with E-state index in [2.05, 4.69) is 39.0 Å². The second-order valence-corrected chi connectivity index (χ2v) is 7.27. The van der Waals surface area contributed by atoms with Gasteiger partial charge >= 0.3 is 0 Å². The Hall–Kier alpha value is -1.56. The fourth-order valence-electron chi connectivity index (χ4n) is 3.23. The summed E-state index contributed by atoms with van der Waals surface area (Å²) in [7, 11) is 3.60. The van der Waals surface area contributed by atoms with Gasteiger partial charge in [-0.15, -0.1) is 0 Å². The quantitative estimate of drug-likeness (QED) is 0.537. The summed E-state index contributed by atoms with van der Waals surface area (Å²) >= 11 is 0. The number of hydrogen-bond donors (Lipinski definition) is 2. The Morgan fingerprint density at radius 2 is 2.21 bits per heavy atom. The summed E-state index contributed by atoms with van der Waals surface area (Å²) in [6, 6.07) is 0. The Morgan fingerprint density at radius 3 is 2.79 bits per heavy atom. The van der Waals surface area contributed by atoms with Gasteiger partial charge < -0.3 is 19.9 Å². The molecule has 1 saturated carbocycles. The summed E-state index contributed by atoms with van der Waals surface area (Å²) in [5, 5.41) is 6.88. The van der Waals surface area contributed by atoms with Crippen LogP contribution in [0.25, 0.3) is 0 Å². The van der Waals surface area contributed by atoms with E-state index in [1.54, 1.807) is 7.11 Å². The molecular formula is C18H33N5O. The SMILES string of the molecule is CN=C(NCc1nccn1CC(C)C)NCC1(CCOC)CCC1. The average molecular weight is 335 g/mol. The van der Waals surface area contributed by atoms with E-state index in [0.717, 1.165) is 37.9 Å². The number of nitrogens with one attached hydrogen (secondary N) is 2. The molecule has 6 nitrogen and oxygen atoms in total. The molecule has 1 heterocycles. The maximum Gasteiger partial charge on any atom is 0.191 e. The molecular weight excluding hydrogens is 302 g/mol. The van der Waals surface area contributed by atoms with E-state index in [1.165, 1.54) is 19.3 Å².